The third-order valence-corrected chi connectivity index (χ3v) is 4.65. The lowest BCUT2D eigenvalue weighted by Gasteiger charge is -2.34. The van der Waals surface area contributed by atoms with Crippen LogP contribution in [-0.4, -0.2) is 17.1 Å². The third-order valence-electron chi connectivity index (χ3n) is 4.65. The van der Waals surface area contributed by atoms with E-state index in [0.29, 0.717) is 5.75 Å². The van der Waals surface area contributed by atoms with Crippen molar-refractivity contribution in [1.82, 2.24) is 4.90 Å². The summed E-state index contributed by atoms with van der Waals surface area (Å²) >= 11 is 0. The van der Waals surface area contributed by atoms with Crippen molar-refractivity contribution in [2.24, 2.45) is 0 Å². The molecule has 0 fully saturated rings. The Labute approximate surface area is 144 Å². The monoisotopic (exact) mass is 317 g/mol. The van der Waals surface area contributed by atoms with E-state index >= 15 is 0 Å². The average molecular weight is 317 g/mol. The minimum absolute atomic E-state index is 0.0115. The Morgan fingerprint density at radius 3 is 1.79 bits per heavy atom. The highest BCUT2D eigenvalue weighted by Gasteiger charge is 2.26. The molecule has 2 atom stereocenters. The quantitative estimate of drug-likeness (QED) is 0.701. The van der Waals surface area contributed by atoms with Gasteiger partial charge in [0.2, 0.25) is 0 Å². The van der Waals surface area contributed by atoms with Gasteiger partial charge in [-0.25, -0.2) is 0 Å². The molecule has 0 aromatic heterocycles. The zero-order valence-electron chi connectivity index (χ0n) is 14.1. The van der Waals surface area contributed by atoms with Crippen LogP contribution in [0.4, 0.5) is 0 Å². The highest BCUT2D eigenvalue weighted by Crippen LogP contribution is 2.37. The van der Waals surface area contributed by atoms with Crippen molar-refractivity contribution in [3.05, 3.63) is 102 Å². The summed E-state index contributed by atoms with van der Waals surface area (Å²) in [6.07, 6.45) is 0. The van der Waals surface area contributed by atoms with Crippen LogP contribution < -0.4 is 0 Å². The summed E-state index contributed by atoms with van der Waals surface area (Å²) in [6.45, 7) is 2.20. The van der Waals surface area contributed by atoms with Gasteiger partial charge in [0.15, 0.2) is 0 Å². The fourth-order valence-electron chi connectivity index (χ4n) is 3.18. The first-order chi connectivity index (χ1) is 11.7. The fourth-order valence-corrected chi connectivity index (χ4v) is 3.18. The molecule has 2 nitrogen and oxygen atoms in total. The number of rotatable bonds is 5. The van der Waals surface area contributed by atoms with E-state index in [-0.39, 0.29) is 12.1 Å². The van der Waals surface area contributed by atoms with Gasteiger partial charge < -0.3 is 5.11 Å². The first kappa shape index (κ1) is 16.3. The second kappa shape index (κ2) is 7.33. The van der Waals surface area contributed by atoms with Crippen LogP contribution in [0.3, 0.4) is 0 Å². The fraction of sp³-hybridized carbons (Fsp3) is 0.182. The molecular weight excluding hydrogens is 294 g/mol. The Bertz CT molecular complexity index is 770. The van der Waals surface area contributed by atoms with Gasteiger partial charge in [0.25, 0.3) is 0 Å². The standard InChI is InChI=1S/C22H23NO/c1-17(18-11-5-3-6-12-18)23(2)22(19-13-7-4-8-14-19)20-15-9-10-16-21(20)24/h3-17,22,24H,1-2H3/t17-,22-/m1/s1. The summed E-state index contributed by atoms with van der Waals surface area (Å²) < 4.78 is 0. The zero-order chi connectivity index (χ0) is 16.9. The van der Waals surface area contributed by atoms with Crippen LogP contribution in [0.15, 0.2) is 84.9 Å². The summed E-state index contributed by atoms with van der Waals surface area (Å²) in [5, 5.41) is 10.4. The first-order valence-electron chi connectivity index (χ1n) is 8.28. The largest absolute Gasteiger partial charge is 0.508 e. The van der Waals surface area contributed by atoms with Crippen LogP contribution in [0.2, 0.25) is 0 Å². The molecule has 3 aromatic rings. The molecule has 0 unspecified atom stereocenters. The van der Waals surface area contributed by atoms with Crippen LogP contribution >= 0.6 is 0 Å². The highest BCUT2D eigenvalue weighted by atomic mass is 16.3. The molecule has 3 aromatic carbocycles. The molecule has 0 saturated carbocycles. The van der Waals surface area contributed by atoms with Crippen LogP contribution in [0.25, 0.3) is 0 Å². The Morgan fingerprint density at radius 2 is 1.21 bits per heavy atom. The number of hydrogen-bond donors (Lipinski definition) is 1. The first-order valence-corrected chi connectivity index (χ1v) is 8.28. The normalized spacial score (nSPS) is 13.6. The topological polar surface area (TPSA) is 23.5 Å². The molecule has 2 heteroatoms. The summed E-state index contributed by atoms with van der Waals surface area (Å²) in [7, 11) is 2.11. The van der Waals surface area contributed by atoms with Gasteiger partial charge in [-0.05, 0) is 31.2 Å². The van der Waals surface area contributed by atoms with Crippen molar-refractivity contribution in [2.45, 2.75) is 19.0 Å². The van der Waals surface area contributed by atoms with Gasteiger partial charge in [-0.3, -0.25) is 4.90 Å². The molecule has 24 heavy (non-hydrogen) atoms. The van der Waals surface area contributed by atoms with E-state index in [1.165, 1.54) is 11.1 Å². The summed E-state index contributed by atoms with van der Waals surface area (Å²) in [6, 6.07) is 28.6. The Kier molecular flexibility index (Phi) is 4.97. The van der Waals surface area contributed by atoms with Crippen LogP contribution in [0.5, 0.6) is 5.75 Å². The number of phenolic OH excluding ortho intramolecular Hbond substituents is 1. The number of aromatic hydroxyl groups is 1. The van der Waals surface area contributed by atoms with E-state index in [1.807, 2.05) is 42.5 Å². The number of para-hydroxylation sites is 1. The Balaban J connectivity index is 2.03. The minimum Gasteiger partial charge on any atom is -0.508 e. The van der Waals surface area contributed by atoms with Gasteiger partial charge in [-0.2, -0.15) is 0 Å². The van der Waals surface area contributed by atoms with E-state index < -0.39 is 0 Å². The Hall–Kier alpha value is -2.58. The molecule has 1 N–H and O–H groups in total. The van der Waals surface area contributed by atoms with Crippen molar-refractivity contribution in [3.63, 3.8) is 0 Å². The van der Waals surface area contributed by atoms with Crippen LogP contribution in [0.1, 0.15) is 35.7 Å². The number of hydrogen-bond acceptors (Lipinski definition) is 2. The van der Waals surface area contributed by atoms with Crippen LogP contribution in [-0.2, 0) is 0 Å². The van der Waals surface area contributed by atoms with Crippen molar-refractivity contribution in [3.8, 4) is 5.75 Å². The molecule has 122 valence electrons. The SMILES string of the molecule is C[C@H](c1ccccc1)N(C)[C@H](c1ccccc1)c1ccccc1O. The van der Waals surface area contributed by atoms with Gasteiger partial charge in [0.1, 0.15) is 5.75 Å². The molecule has 0 aliphatic rings. The van der Waals surface area contributed by atoms with Crippen molar-refractivity contribution in [1.29, 1.82) is 0 Å². The lowest BCUT2D eigenvalue weighted by Crippen LogP contribution is -2.28. The maximum atomic E-state index is 10.4. The molecule has 0 spiro atoms. The predicted octanol–water partition coefficient (Wildman–Crippen LogP) is 5.17. The van der Waals surface area contributed by atoms with Gasteiger partial charge in [-0.15, -0.1) is 0 Å². The number of phenols is 1. The minimum atomic E-state index is -0.0115. The van der Waals surface area contributed by atoms with Gasteiger partial charge >= 0.3 is 0 Å². The van der Waals surface area contributed by atoms with E-state index in [1.54, 1.807) is 6.07 Å². The summed E-state index contributed by atoms with van der Waals surface area (Å²) in [4.78, 5) is 2.31. The highest BCUT2D eigenvalue weighted by molar-refractivity contribution is 5.41. The van der Waals surface area contributed by atoms with E-state index in [9.17, 15) is 5.11 Å². The molecule has 0 bridgehead atoms. The zero-order valence-corrected chi connectivity index (χ0v) is 14.1. The lowest BCUT2D eigenvalue weighted by molar-refractivity contribution is 0.210. The van der Waals surface area contributed by atoms with Gasteiger partial charge in [0.05, 0.1) is 6.04 Å². The number of nitrogens with zero attached hydrogens (tertiary/aromatic N) is 1. The molecule has 0 aliphatic heterocycles. The van der Waals surface area contributed by atoms with Crippen molar-refractivity contribution in [2.75, 3.05) is 7.05 Å². The third kappa shape index (κ3) is 3.34. The average Bonchev–Trinajstić information content (AvgIpc) is 2.64. The molecule has 0 radical (unpaired) electrons. The Morgan fingerprint density at radius 1 is 0.708 bits per heavy atom. The molecular formula is C22H23NO. The van der Waals surface area contributed by atoms with E-state index in [0.717, 1.165) is 5.56 Å². The number of benzene rings is 3. The van der Waals surface area contributed by atoms with Crippen LogP contribution in [0, 0.1) is 0 Å². The molecule has 3 rings (SSSR count). The van der Waals surface area contributed by atoms with Crippen molar-refractivity contribution < 1.29 is 5.11 Å². The maximum absolute atomic E-state index is 10.4. The molecule has 0 heterocycles. The second-order valence-electron chi connectivity index (χ2n) is 6.12. The van der Waals surface area contributed by atoms with E-state index in [4.69, 9.17) is 0 Å². The summed E-state index contributed by atoms with van der Waals surface area (Å²) in [5.41, 5.74) is 3.36. The maximum Gasteiger partial charge on any atom is 0.120 e. The second-order valence-corrected chi connectivity index (χ2v) is 6.12. The van der Waals surface area contributed by atoms with Crippen molar-refractivity contribution >= 4 is 0 Å². The molecule has 0 amide bonds. The van der Waals surface area contributed by atoms with Gasteiger partial charge in [-0.1, -0.05) is 78.9 Å². The van der Waals surface area contributed by atoms with E-state index in [2.05, 4.69) is 55.3 Å². The molecule has 0 saturated heterocycles. The van der Waals surface area contributed by atoms with Gasteiger partial charge in [0, 0.05) is 11.6 Å². The summed E-state index contributed by atoms with van der Waals surface area (Å²) in [5.74, 6) is 0.332. The smallest absolute Gasteiger partial charge is 0.120 e. The predicted molar refractivity (Wildman–Crippen MR) is 99.0 cm³/mol. The molecule has 0 aliphatic carbocycles. The lowest BCUT2D eigenvalue weighted by atomic mass is 9.94.